The van der Waals surface area contributed by atoms with Gasteiger partial charge in [0.05, 0.1) is 6.54 Å². The zero-order valence-electron chi connectivity index (χ0n) is 11.2. The lowest BCUT2D eigenvalue weighted by atomic mass is 9.96. The highest BCUT2D eigenvalue weighted by Crippen LogP contribution is 2.20. The van der Waals surface area contributed by atoms with Crippen LogP contribution in [0.3, 0.4) is 0 Å². The van der Waals surface area contributed by atoms with Crippen molar-refractivity contribution >= 4 is 0 Å². The minimum absolute atomic E-state index is 0.113. The molecule has 0 aromatic carbocycles. The summed E-state index contributed by atoms with van der Waals surface area (Å²) in [5.74, 6) is 0.600. The molecule has 2 N–H and O–H groups in total. The fourth-order valence-electron chi connectivity index (χ4n) is 1.93. The predicted octanol–water partition coefficient (Wildman–Crippen LogP) is 2.88. The summed E-state index contributed by atoms with van der Waals surface area (Å²) in [5, 5.41) is 0. The predicted molar refractivity (Wildman–Crippen MR) is 64.8 cm³/mol. The van der Waals surface area contributed by atoms with E-state index in [0.29, 0.717) is 19.0 Å². The van der Waals surface area contributed by atoms with Crippen LogP contribution in [0.15, 0.2) is 0 Å². The summed E-state index contributed by atoms with van der Waals surface area (Å²) in [4.78, 5) is 1.46. The Balaban J connectivity index is 4.41. The Morgan fingerprint density at radius 1 is 1.12 bits per heavy atom. The highest BCUT2D eigenvalue weighted by molar-refractivity contribution is 4.73. The van der Waals surface area contributed by atoms with Crippen LogP contribution in [-0.4, -0.2) is 36.8 Å². The average Bonchev–Trinajstić information content (AvgIpc) is 2.12. The van der Waals surface area contributed by atoms with Crippen LogP contribution in [0.1, 0.15) is 34.1 Å². The van der Waals surface area contributed by atoms with Crippen LogP contribution in [0, 0.1) is 11.8 Å². The third kappa shape index (κ3) is 8.44. The standard InChI is InChI=1S/C12H25F3N2/c1-9(2)5-11(6-16)7-17(10(3)4)8-12(13,14)15/h9-11H,5-8,16H2,1-4H3. The smallest absolute Gasteiger partial charge is 0.330 e. The molecule has 0 aromatic rings. The van der Waals surface area contributed by atoms with Gasteiger partial charge in [0.15, 0.2) is 0 Å². The Kier molecular flexibility index (Phi) is 7.09. The van der Waals surface area contributed by atoms with E-state index in [1.54, 1.807) is 13.8 Å². The second-order valence-corrected chi connectivity index (χ2v) is 5.37. The Labute approximate surface area is 102 Å². The number of hydrogen-bond donors (Lipinski definition) is 1. The van der Waals surface area contributed by atoms with Crippen molar-refractivity contribution in [2.24, 2.45) is 17.6 Å². The van der Waals surface area contributed by atoms with Gasteiger partial charge in [0.2, 0.25) is 0 Å². The van der Waals surface area contributed by atoms with Crippen molar-refractivity contribution in [2.75, 3.05) is 19.6 Å². The van der Waals surface area contributed by atoms with Crippen molar-refractivity contribution in [1.29, 1.82) is 0 Å². The molecule has 0 aliphatic rings. The van der Waals surface area contributed by atoms with Crippen LogP contribution in [0.25, 0.3) is 0 Å². The average molecular weight is 254 g/mol. The molecule has 5 heteroatoms. The molecule has 1 atom stereocenters. The van der Waals surface area contributed by atoms with Gasteiger partial charge >= 0.3 is 6.18 Å². The first-order valence-corrected chi connectivity index (χ1v) is 6.16. The van der Waals surface area contributed by atoms with Gasteiger partial charge in [0.25, 0.3) is 0 Å². The molecule has 0 fully saturated rings. The molecule has 17 heavy (non-hydrogen) atoms. The molecule has 0 amide bonds. The summed E-state index contributed by atoms with van der Waals surface area (Å²) in [6.45, 7) is 7.71. The maximum Gasteiger partial charge on any atom is 0.401 e. The van der Waals surface area contributed by atoms with Crippen molar-refractivity contribution in [3.05, 3.63) is 0 Å². The minimum Gasteiger partial charge on any atom is -0.330 e. The van der Waals surface area contributed by atoms with Crippen molar-refractivity contribution in [2.45, 2.75) is 46.3 Å². The normalized spacial score (nSPS) is 15.0. The lowest BCUT2D eigenvalue weighted by molar-refractivity contribution is -0.151. The van der Waals surface area contributed by atoms with Crippen molar-refractivity contribution < 1.29 is 13.2 Å². The van der Waals surface area contributed by atoms with Gasteiger partial charge in [0.1, 0.15) is 0 Å². The summed E-state index contributed by atoms with van der Waals surface area (Å²) >= 11 is 0. The first-order chi connectivity index (χ1) is 7.65. The summed E-state index contributed by atoms with van der Waals surface area (Å²) < 4.78 is 37.2. The van der Waals surface area contributed by atoms with E-state index in [1.165, 1.54) is 4.90 Å². The molecule has 0 aliphatic carbocycles. The number of hydrogen-bond acceptors (Lipinski definition) is 2. The molecule has 0 aliphatic heterocycles. The van der Waals surface area contributed by atoms with Gasteiger partial charge in [-0.1, -0.05) is 13.8 Å². The SMILES string of the molecule is CC(C)CC(CN)CN(CC(F)(F)F)C(C)C. The van der Waals surface area contributed by atoms with E-state index in [-0.39, 0.29) is 12.0 Å². The van der Waals surface area contributed by atoms with E-state index in [9.17, 15) is 13.2 Å². The fraction of sp³-hybridized carbons (Fsp3) is 1.00. The number of nitrogens with two attached hydrogens (primary N) is 1. The van der Waals surface area contributed by atoms with Gasteiger partial charge < -0.3 is 5.73 Å². The van der Waals surface area contributed by atoms with Gasteiger partial charge in [-0.25, -0.2) is 0 Å². The van der Waals surface area contributed by atoms with Crippen molar-refractivity contribution in [3.8, 4) is 0 Å². The van der Waals surface area contributed by atoms with Crippen LogP contribution in [0.5, 0.6) is 0 Å². The molecule has 0 heterocycles. The monoisotopic (exact) mass is 254 g/mol. The summed E-state index contributed by atoms with van der Waals surface area (Å²) in [6, 6.07) is -0.113. The third-order valence-electron chi connectivity index (χ3n) is 2.74. The maximum absolute atomic E-state index is 12.4. The van der Waals surface area contributed by atoms with Gasteiger partial charge in [-0.05, 0) is 38.6 Å². The highest BCUT2D eigenvalue weighted by Gasteiger charge is 2.32. The number of nitrogens with zero attached hydrogens (tertiary/aromatic N) is 1. The van der Waals surface area contributed by atoms with Gasteiger partial charge in [-0.15, -0.1) is 0 Å². The molecule has 0 radical (unpaired) electrons. The van der Waals surface area contributed by atoms with E-state index < -0.39 is 12.7 Å². The Morgan fingerprint density at radius 3 is 1.94 bits per heavy atom. The van der Waals surface area contributed by atoms with Gasteiger partial charge in [-0.3, -0.25) is 4.90 Å². The summed E-state index contributed by atoms with van der Waals surface area (Å²) in [5.41, 5.74) is 5.63. The minimum atomic E-state index is -4.14. The Morgan fingerprint density at radius 2 is 1.65 bits per heavy atom. The second kappa shape index (κ2) is 7.21. The van der Waals surface area contributed by atoms with E-state index in [1.807, 2.05) is 0 Å². The number of halogens is 3. The largest absolute Gasteiger partial charge is 0.401 e. The molecule has 0 saturated heterocycles. The van der Waals surface area contributed by atoms with Crippen LogP contribution >= 0.6 is 0 Å². The van der Waals surface area contributed by atoms with Crippen molar-refractivity contribution in [3.63, 3.8) is 0 Å². The van der Waals surface area contributed by atoms with Crippen LogP contribution in [0.4, 0.5) is 13.2 Å². The zero-order chi connectivity index (χ0) is 13.6. The molecule has 104 valence electrons. The second-order valence-electron chi connectivity index (χ2n) is 5.37. The molecular weight excluding hydrogens is 229 g/mol. The van der Waals surface area contributed by atoms with Crippen LogP contribution in [-0.2, 0) is 0 Å². The van der Waals surface area contributed by atoms with E-state index in [4.69, 9.17) is 5.73 Å². The van der Waals surface area contributed by atoms with Crippen LogP contribution < -0.4 is 5.73 Å². The molecule has 0 saturated carbocycles. The lowest BCUT2D eigenvalue weighted by Crippen LogP contribution is -2.43. The van der Waals surface area contributed by atoms with E-state index in [0.717, 1.165) is 6.42 Å². The molecule has 0 rings (SSSR count). The quantitative estimate of drug-likeness (QED) is 0.757. The van der Waals surface area contributed by atoms with Crippen molar-refractivity contribution in [1.82, 2.24) is 4.90 Å². The molecular formula is C12H25F3N2. The lowest BCUT2D eigenvalue weighted by Gasteiger charge is -2.31. The van der Waals surface area contributed by atoms with Crippen LogP contribution in [0.2, 0.25) is 0 Å². The Bertz CT molecular complexity index is 202. The molecule has 0 bridgehead atoms. The molecule has 2 nitrogen and oxygen atoms in total. The topological polar surface area (TPSA) is 29.3 Å². The Hall–Kier alpha value is -0.290. The molecule has 1 unspecified atom stereocenters. The van der Waals surface area contributed by atoms with E-state index >= 15 is 0 Å². The summed E-state index contributed by atoms with van der Waals surface area (Å²) in [6.07, 6.45) is -3.27. The summed E-state index contributed by atoms with van der Waals surface area (Å²) in [7, 11) is 0. The maximum atomic E-state index is 12.4. The fourth-order valence-corrected chi connectivity index (χ4v) is 1.93. The molecule has 0 aromatic heterocycles. The number of rotatable bonds is 7. The van der Waals surface area contributed by atoms with Gasteiger partial charge in [0, 0.05) is 12.6 Å². The third-order valence-corrected chi connectivity index (χ3v) is 2.74. The highest BCUT2D eigenvalue weighted by atomic mass is 19.4. The first kappa shape index (κ1) is 16.7. The first-order valence-electron chi connectivity index (χ1n) is 6.16. The van der Waals surface area contributed by atoms with Gasteiger partial charge in [-0.2, -0.15) is 13.2 Å². The molecule has 0 spiro atoms. The zero-order valence-corrected chi connectivity index (χ0v) is 11.2. The van der Waals surface area contributed by atoms with E-state index in [2.05, 4.69) is 13.8 Å². The number of alkyl halides is 3.